The number of hydrogen-bond donors (Lipinski definition) is 1. The molecule has 1 saturated carbocycles. The molecule has 0 unspecified atom stereocenters. The van der Waals surface area contributed by atoms with E-state index in [1.165, 1.54) is 0 Å². The second-order valence-electron chi connectivity index (χ2n) is 6.18. The van der Waals surface area contributed by atoms with Crippen molar-refractivity contribution in [2.24, 2.45) is 0 Å². The minimum absolute atomic E-state index is 0.227. The predicted octanol–water partition coefficient (Wildman–Crippen LogP) is 2.80. The normalized spacial score (nSPS) is 21.2. The summed E-state index contributed by atoms with van der Waals surface area (Å²) in [6.45, 7) is 2.04. The first-order valence-corrected chi connectivity index (χ1v) is 8.35. The van der Waals surface area contributed by atoms with Crippen LogP contribution in [0.3, 0.4) is 0 Å². The molecule has 128 valence electrons. The number of carbonyl (C=O) groups excluding carboxylic acids is 1. The third-order valence-corrected chi connectivity index (χ3v) is 4.50. The van der Waals surface area contributed by atoms with E-state index in [-0.39, 0.29) is 12.1 Å². The topological polar surface area (TPSA) is 50.8 Å². The highest BCUT2D eigenvalue weighted by Crippen LogP contribution is 2.22. The number of hydrogen-bond acceptors (Lipinski definition) is 4. The standard InChI is InChI=1S/C18H28N2O3/c1-20(12-13-22-2)17-10-8-16(9-11-17)19-18(21)23-14-15-6-4-3-5-7-15/h3-7,16-17H,8-14H2,1-2H3,(H,19,21). The molecule has 0 aromatic heterocycles. The van der Waals surface area contributed by atoms with Gasteiger partial charge in [-0.15, -0.1) is 0 Å². The van der Waals surface area contributed by atoms with Crippen molar-refractivity contribution in [1.82, 2.24) is 10.2 Å². The Kier molecular flexibility index (Phi) is 7.36. The van der Waals surface area contributed by atoms with Crippen molar-refractivity contribution in [3.05, 3.63) is 35.9 Å². The van der Waals surface area contributed by atoms with Gasteiger partial charge in [-0.2, -0.15) is 0 Å². The van der Waals surface area contributed by atoms with E-state index in [0.717, 1.165) is 44.4 Å². The number of alkyl carbamates (subject to hydrolysis) is 1. The molecule has 0 saturated heterocycles. The van der Waals surface area contributed by atoms with Crippen LogP contribution in [0, 0.1) is 0 Å². The van der Waals surface area contributed by atoms with Crippen molar-refractivity contribution in [2.45, 2.75) is 44.4 Å². The highest BCUT2D eigenvalue weighted by molar-refractivity contribution is 5.67. The third kappa shape index (κ3) is 6.20. The first-order valence-electron chi connectivity index (χ1n) is 8.35. The Morgan fingerprint density at radius 3 is 2.57 bits per heavy atom. The van der Waals surface area contributed by atoms with Crippen molar-refractivity contribution >= 4 is 6.09 Å². The van der Waals surface area contributed by atoms with E-state index in [9.17, 15) is 4.79 Å². The van der Waals surface area contributed by atoms with Crippen LogP contribution in [0.5, 0.6) is 0 Å². The number of benzene rings is 1. The zero-order valence-electron chi connectivity index (χ0n) is 14.2. The molecule has 0 bridgehead atoms. The Hall–Kier alpha value is -1.59. The molecule has 0 spiro atoms. The lowest BCUT2D eigenvalue weighted by Crippen LogP contribution is -2.43. The van der Waals surface area contributed by atoms with Gasteiger partial charge in [0.2, 0.25) is 0 Å². The molecule has 23 heavy (non-hydrogen) atoms. The molecule has 1 aliphatic carbocycles. The van der Waals surface area contributed by atoms with Gasteiger partial charge < -0.3 is 19.7 Å². The highest BCUT2D eigenvalue weighted by Gasteiger charge is 2.25. The van der Waals surface area contributed by atoms with E-state index in [0.29, 0.717) is 12.6 Å². The average Bonchev–Trinajstić information content (AvgIpc) is 2.59. The van der Waals surface area contributed by atoms with Crippen LogP contribution in [-0.4, -0.2) is 50.4 Å². The smallest absolute Gasteiger partial charge is 0.407 e. The lowest BCUT2D eigenvalue weighted by molar-refractivity contribution is 0.110. The summed E-state index contributed by atoms with van der Waals surface area (Å²) in [6.07, 6.45) is 3.89. The maximum Gasteiger partial charge on any atom is 0.407 e. The van der Waals surface area contributed by atoms with E-state index in [1.807, 2.05) is 30.3 Å². The molecule has 0 atom stereocenters. The summed E-state index contributed by atoms with van der Waals surface area (Å²) in [4.78, 5) is 14.2. The van der Waals surface area contributed by atoms with Crippen molar-refractivity contribution in [3.8, 4) is 0 Å². The molecule has 2 rings (SSSR count). The Morgan fingerprint density at radius 2 is 1.91 bits per heavy atom. The summed E-state index contributed by atoms with van der Waals surface area (Å²) in [5.74, 6) is 0. The fourth-order valence-electron chi connectivity index (χ4n) is 3.01. The van der Waals surface area contributed by atoms with Crippen molar-refractivity contribution < 1.29 is 14.3 Å². The van der Waals surface area contributed by atoms with Gasteiger partial charge >= 0.3 is 6.09 Å². The third-order valence-electron chi connectivity index (χ3n) is 4.50. The minimum Gasteiger partial charge on any atom is -0.445 e. The van der Waals surface area contributed by atoms with E-state index >= 15 is 0 Å². The van der Waals surface area contributed by atoms with Gasteiger partial charge in [0.1, 0.15) is 6.61 Å². The Labute approximate surface area is 139 Å². The second kappa shape index (κ2) is 9.53. The van der Waals surface area contributed by atoms with Gasteiger partial charge in [0, 0.05) is 25.7 Å². The molecule has 5 heteroatoms. The number of amides is 1. The molecule has 0 radical (unpaired) electrons. The van der Waals surface area contributed by atoms with Crippen LogP contribution in [0.2, 0.25) is 0 Å². The summed E-state index contributed by atoms with van der Waals surface area (Å²) in [6, 6.07) is 10.6. The summed E-state index contributed by atoms with van der Waals surface area (Å²) in [7, 11) is 3.88. The number of ether oxygens (including phenoxy) is 2. The average molecular weight is 320 g/mol. The van der Waals surface area contributed by atoms with Crippen molar-refractivity contribution in [1.29, 1.82) is 0 Å². The lowest BCUT2D eigenvalue weighted by Gasteiger charge is -2.34. The minimum atomic E-state index is -0.315. The second-order valence-corrected chi connectivity index (χ2v) is 6.18. The van der Waals surface area contributed by atoms with Crippen LogP contribution < -0.4 is 5.32 Å². The van der Waals surface area contributed by atoms with Crippen LogP contribution in [0.4, 0.5) is 4.79 Å². The lowest BCUT2D eigenvalue weighted by atomic mass is 9.90. The summed E-state index contributed by atoms with van der Waals surface area (Å²) < 4.78 is 10.4. The number of rotatable bonds is 7. The first-order chi connectivity index (χ1) is 11.2. The number of nitrogens with zero attached hydrogens (tertiary/aromatic N) is 1. The highest BCUT2D eigenvalue weighted by atomic mass is 16.5. The molecular formula is C18H28N2O3. The Balaban J connectivity index is 1.64. The summed E-state index contributed by atoms with van der Waals surface area (Å²) in [5.41, 5.74) is 1.01. The van der Waals surface area contributed by atoms with Crippen LogP contribution in [0.15, 0.2) is 30.3 Å². The van der Waals surface area contributed by atoms with Gasteiger partial charge in [-0.1, -0.05) is 30.3 Å². The summed E-state index contributed by atoms with van der Waals surface area (Å²) >= 11 is 0. The van der Waals surface area contributed by atoms with Crippen LogP contribution in [0.25, 0.3) is 0 Å². The fourth-order valence-corrected chi connectivity index (χ4v) is 3.01. The number of methoxy groups -OCH3 is 1. The Morgan fingerprint density at radius 1 is 1.22 bits per heavy atom. The van der Waals surface area contributed by atoms with E-state index in [1.54, 1.807) is 7.11 Å². The van der Waals surface area contributed by atoms with Gasteiger partial charge in [-0.05, 0) is 38.3 Å². The van der Waals surface area contributed by atoms with Crippen LogP contribution in [0.1, 0.15) is 31.2 Å². The van der Waals surface area contributed by atoms with E-state index < -0.39 is 0 Å². The predicted molar refractivity (Wildman–Crippen MR) is 90.3 cm³/mol. The number of carbonyl (C=O) groups is 1. The van der Waals surface area contributed by atoms with E-state index in [2.05, 4.69) is 17.3 Å². The zero-order chi connectivity index (χ0) is 16.5. The molecule has 1 aromatic rings. The van der Waals surface area contributed by atoms with Crippen LogP contribution in [-0.2, 0) is 16.1 Å². The molecule has 1 fully saturated rings. The fraction of sp³-hybridized carbons (Fsp3) is 0.611. The Bertz CT molecular complexity index is 459. The first kappa shape index (κ1) is 17.8. The van der Waals surface area contributed by atoms with Crippen molar-refractivity contribution in [2.75, 3.05) is 27.3 Å². The SMILES string of the molecule is COCCN(C)C1CCC(NC(=O)OCc2ccccc2)CC1. The molecular weight excluding hydrogens is 292 g/mol. The van der Waals surface area contributed by atoms with Gasteiger partial charge in [0.15, 0.2) is 0 Å². The van der Waals surface area contributed by atoms with E-state index in [4.69, 9.17) is 9.47 Å². The molecule has 1 amide bonds. The zero-order valence-corrected chi connectivity index (χ0v) is 14.2. The van der Waals surface area contributed by atoms with Gasteiger partial charge in [0.25, 0.3) is 0 Å². The largest absolute Gasteiger partial charge is 0.445 e. The quantitative estimate of drug-likeness (QED) is 0.839. The van der Waals surface area contributed by atoms with Gasteiger partial charge in [0.05, 0.1) is 6.61 Å². The van der Waals surface area contributed by atoms with Crippen molar-refractivity contribution in [3.63, 3.8) is 0 Å². The molecule has 1 aliphatic rings. The van der Waals surface area contributed by atoms with Gasteiger partial charge in [-0.3, -0.25) is 0 Å². The molecule has 1 N–H and O–H groups in total. The maximum absolute atomic E-state index is 11.9. The molecule has 0 aliphatic heterocycles. The van der Waals surface area contributed by atoms with Gasteiger partial charge in [-0.25, -0.2) is 4.79 Å². The summed E-state index contributed by atoms with van der Waals surface area (Å²) in [5, 5.41) is 2.99. The maximum atomic E-state index is 11.9. The van der Waals surface area contributed by atoms with Crippen LogP contribution >= 0.6 is 0 Å². The number of likely N-dealkylation sites (N-methyl/N-ethyl adjacent to an activating group) is 1. The molecule has 0 heterocycles. The monoisotopic (exact) mass is 320 g/mol. The molecule has 1 aromatic carbocycles. The number of nitrogens with one attached hydrogen (secondary N) is 1. The molecule has 5 nitrogen and oxygen atoms in total.